The number of benzene rings is 1. The highest BCUT2D eigenvalue weighted by atomic mass is 79.9. The quantitative estimate of drug-likeness (QED) is 0.872. The van der Waals surface area contributed by atoms with Crippen molar-refractivity contribution in [2.75, 3.05) is 24.6 Å². The number of aryl methyl sites for hydroxylation is 1. The van der Waals surface area contributed by atoms with Crippen LogP contribution in [0.25, 0.3) is 0 Å². The predicted molar refractivity (Wildman–Crippen MR) is 74.0 cm³/mol. The summed E-state index contributed by atoms with van der Waals surface area (Å²) in [7, 11) is 0. The number of halogens is 1. The van der Waals surface area contributed by atoms with E-state index in [1.807, 2.05) is 0 Å². The highest BCUT2D eigenvalue weighted by molar-refractivity contribution is 9.10. The second-order valence-electron chi connectivity index (χ2n) is 4.72. The molecule has 1 atom stereocenters. The molecule has 0 aliphatic carbocycles. The molecule has 4 heteroatoms. The van der Waals surface area contributed by atoms with Crippen molar-refractivity contribution in [3.8, 4) is 0 Å². The van der Waals surface area contributed by atoms with Crippen molar-refractivity contribution in [3.63, 3.8) is 0 Å². The summed E-state index contributed by atoms with van der Waals surface area (Å²) in [5.41, 5.74) is 2.64. The molecule has 0 spiro atoms. The van der Waals surface area contributed by atoms with Crippen LogP contribution in [0.5, 0.6) is 0 Å². The molecule has 94 valence electrons. The lowest BCUT2D eigenvalue weighted by Gasteiger charge is -2.35. The molecule has 17 heavy (non-hydrogen) atoms. The first-order valence-electron chi connectivity index (χ1n) is 6.03. The smallest absolute Gasteiger partial charge is 0.0724 e. The number of anilines is 1. The first-order chi connectivity index (χ1) is 8.20. The van der Waals surface area contributed by atoms with Gasteiger partial charge in [-0.3, -0.25) is 0 Å². The summed E-state index contributed by atoms with van der Waals surface area (Å²) in [5, 5.41) is 0. The maximum Gasteiger partial charge on any atom is 0.0724 e. The lowest BCUT2D eigenvalue weighted by molar-refractivity contribution is 0.0951. The van der Waals surface area contributed by atoms with E-state index >= 15 is 0 Å². The maximum absolute atomic E-state index is 5.17. The molecule has 1 aromatic carbocycles. The van der Waals surface area contributed by atoms with Crippen LogP contribution in [-0.4, -0.2) is 19.7 Å². The lowest BCUT2D eigenvalue weighted by Crippen LogP contribution is -2.38. The fourth-order valence-electron chi connectivity index (χ4n) is 2.53. The summed E-state index contributed by atoms with van der Waals surface area (Å²) < 4.78 is 1.14. The summed E-state index contributed by atoms with van der Waals surface area (Å²) in [6.45, 7) is 4.98. The van der Waals surface area contributed by atoms with Gasteiger partial charge in [-0.2, -0.15) is 0 Å². The SMILES string of the molecule is Cc1cc(Br)ccc1N1CCCC(CON)C1. The minimum Gasteiger partial charge on any atom is -0.371 e. The van der Waals surface area contributed by atoms with Crippen molar-refractivity contribution in [1.82, 2.24) is 0 Å². The first kappa shape index (κ1) is 12.9. The molecule has 1 aliphatic rings. The second-order valence-corrected chi connectivity index (χ2v) is 5.63. The Labute approximate surface area is 111 Å². The van der Waals surface area contributed by atoms with Crippen molar-refractivity contribution in [2.24, 2.45) is 11.8 Å². The van der Waals surface area contributed by atoms with Crippen LogP contribution in [0.15, 0.2) is 22.7 Å². The van der Waals surface area contributed by atoms with Crippen LogP contribution in [0.4, 0.5) is 5.69 Å². The number of piperidine rings is 1. The van der Waals surface area contributed by atoms with Gasteiger partial charge in [0, 0.05) is 29.2 Å². The number of rotatable bonds is 3. The summed E-state index contributed by atoms with van der Waals surface area (Å²) >= 11 is 3.50. The first-order valence-corrected chi connectivity index (χ1v) is 6.83. The van der Waals surface area contributed by atoms with Crippen molar-refractivity contribution in [3.05, 3.63) is 28.2 Å². The van der Waals surface area contributed by atoms with Gasteiger partial charge in [-0.1, -0.05) is 15.9 Å². The van der Waals surface area contributed by atoms with E-state index in [0.29, 0.717) is 12.5 Å². The Morgan fingerprint density at radius 1 is 1.53 bits per heavy atom. The Hall–Kier alpha value is -0.580. The third-order valence-electron chi connectivity index (χ3n) is 3.35. The topological polar surface area (TPSA) is 38.5 Å². The van der Waals surface area contributed by atoms with E-state index in [-0.39, 0.29) is 0 Å². The van der Waals surface area contributed by atoms with Crippen LogP contribution in [0.1, 0.15) is 18.4 Å². The normalized spacial score (nSPS) is 20.6. The molecule has 0 saturated carbocycles. The van der Waals surface area contributed by atoms with Gasteiger partial charge in [-0.25, -0.2) is 5.90 Å². The molecule has 1 saturated heterocycles. The van der Waals surface area contributed by atoms with Crippen LogP contribution in [0.2, 0.25) is 0 Å². The van der Waals surface area contributed by atoms with Crippen molar-refractivity contribution in [1.29, 1.82) is 0 Å². The Bertz CT molecular complexity index is 382. The van der Waals surface area contributed by atoms with Crippen molar-refractivity contribution < 1.29 is 4.84 Å². The maximum atomic E-state index is 5.17. The zero-order valence-electron chi connectivity index (χ0n) is 10.2. The van der Waals surface area contributed by atoms with Crippen LogP contribution in [0, 0.1) is 12.8 Å². The largest absolute Gasteiger partial charge is 0.371 e. The molecule has 0 aromatic heterocycles. The third kappa shape index (κ3) is 3.21. The molecular formula is C13H19BrN2O. The van der Waals surface area contributed by atoms with Crippen LogP contribution in [0.3, 0.4) is 0 Å². The molecule has 1 heterocycles. The van der Waals surface area contributed by atoms with Gasteiger partial charge in [0.25, 0.3) is 0 Å². The van der Waals surface area contributed by atoms with E-state index in [4.69, 9.17) is 10.7 Å². The van der Waals surface area contributed by atoms with E-state index < -0.39 is 0 Å². The Balaban J connectivity index is 2.10. The molecule has 0 bridgehead atoms. The molecule has 2 N–H and O–H groups in total. The van der Waals surface area contributed by atoms with E-state index in [2.05, 4.69) is 46.0 Å². The Kier molecular flexibility index (Phi) is 4.42. The average molecular weight is 299 g/mol. The van der Waals surface area contributed by atoms with Gasteiger partial charge in [0.15, 0.2) is 0 Å². The number of nitrogens with two attached hydrogens (primary N) is 1. The number of hydrogen-bond acceptors (Lipinski definition) is 3. The van der Waals surface area contributed by atoms with E-state index in [1.54, 1.807) is 0 Å². The zero-order valence-corrected chi connectivity index (χ0v) is 11.7. The van der Waals surface area contributed by atoms with E-state index in [0.717, 1.165) is 17.6 Å². The number of nitrogens with zero attached hydrogens (tertiary/aromatic N) is 1. The molecule has 0 radical (unpaired) electrons. The fraction of sp³-hybridized carbons (Fsp3) is 0.538. The molecule has 1 unspecified atom stereocenters. The van der Waals surface area contributed by atoms with Gasteiger partial charge in [0.05, 0.1) is 6.61 Å². The minimum atomic E-state index is 0.553. The Morgan fingerprint density at radius 2 is 2.35 bits per heavy atom. The fourth-order valence-corrected chi connectivity index (χ4v) is 3.01. The predicted octanol–water partition coefficient (Wildman–Crippen LogP) is 2.86. The monoisotopic (exact) mass is 298 g/mol. The van der Waals surface area contributed by atoms with Crippen molar-refractivity contribution >= 4 is 21.6 Å². The van der Waals surface area contributed by atoms with Gasteiger partial charge in [-0.05, 0) is 43.5 Å². The molecule has 1 fully saturated rings. The highest BCUT2D eigenvalue weighted by Gasteiger charge is 2.21. The van der Waals surface area contributed by atoms with Gasteiger partial charge < -0.3 is 9.74 Å². The molecule has 1 aromatic rings. The second kappa shape index (κ2) is 5.85. The van der Waals surface area contributed by atoms with E-state index in [9.17, 15) is 0 Å². The molecule has 3 nitrogen and oxygen atoms in total. The van der Waals surface area contributed by atoms with Gasteiger partial charge in [0.1, 0.15) is 0 Å². The zero-order chi connectivity index (χ0) is 12.3. The van der Waals surface area contributed by atoms with E-state index in [1.165, 1.54) is 24.1 Å². The van der Waals surface area contributed by atoms with Gasteiger partial charge >= 0.3 is 0 Å². The molecular weight excluding hydrogens is 280 g/mol. The summed E-state index contributed by atoms with van der Waals surface area (Å²) in [6, 6.07) is 6.45. The highest BCUT2D eigenvalue weighted by Crippen LogP contribution is 2.28. The van der Waals surface area contributed by atoms with Crippen LogP contribution in [-0.2, 0) is 4.84 Å². The van der Waals surface area contributed by atoms with Crippen LogP contribution >= 0.6 is 15.9 Å². The molecule has 2 rings (SSSR count). The van der Waals surface area contributed by atoms with Gasteiger partial charge in [-0.15, -0.1) is 0 Å². The third-order valence-corrected chi connectivity index (χ3v) is 3.84. The summed E-state index contributed by atoms with van der Waals surface area (Å²) in [5.74, 6) is 5.72. The summed E-state index contributed by atoms with van der Waals surface area (Å²) in [6.07, 6.45) is 2.42. The van der Waals surface area contributed by atoms with Gasteiger partial charge in [0.2, 0.25) is 0 Å². The standard InChI is InChI=1S/C13H19BrN2O/c1-10-7-12(14)4-5-13(10)16-6-2-3-11(8-16)9-17-15/h4-5,7,11H,2-3,6,8-9,15H2,1H3. The van der Waals surface area contributed by atoms with Crippen molar-refractivity contribution in [2.45, 2.75) is 19.8 Å². The average Bonchev–Trinajstić information content (AvgIpc) is 2.29. The minimum absolute atomic E-state index is 0.553. The Morgan fingerprint density at radius 3 is 3.06 bits per heavy atom. The summed E-state index contributed by atoms with van der Waals surface area (Å²) in [4.78, 5) is 7.22. The molecule has 1 aliphatic heterocycles. The lowest BCUT2D eigenvalue weighted by atomic mass is 9.98. The molecule has 0 amide bonds. The van der Waals surface area contributed by atoms with Crippen LogP contribution < -0.4 is 10.8 Å². The number of hydrogen-bond donors (Lipinski definition) is 1.